The second kappa shape index (κ2) is 14.0. The molecule has 0 aliphatic carbocycles. The van der Waals surface area contributed by atoms with E-state index in [1.165, 1.54) is 42.5 Å². The Morgan fingerprint density at radius 1 is 0.978 bits per heavy atom. The molecule has 0 radical (unpaired) electrons. The van der Waals surface area contributed by atoms with Gasteiger partial charge in [0.2, 0.25) is 0 Å². The highest BCUT2D eigenvalue weighted by Gasteiger charge is 2.29. The first-order valence-electron chi connectivity index (χ1n) is 14.2. The Labute approximate surface area is 260 Å². The molecule has 45 heavy (non-hydrogen) atoms. The fourth-order valence-corrected chi connectivity index (χ4v) is 5.17. The van der Waals surface area contributed by atoms with E-state index in [9.17, 15) is 26.8 Å². The van der Waals surface area contributed by atoms with Crippen LogP contribution in [0.1, 0.15) is 55.0 Å². The first-order chi connectivity index (χ1) is 21.2. The van der Waals surface area contributed by atoms with Gasteiger partial charge in [-0.3, -0.25) is 4.79 Å². The zero-order chi connectivity index (χ0) is 32.8. The molecule has 1 aromatic heterocycles. The lowest BCUT2D eigenvalue weighted by Crippen LogP contribution is -2.45. The first kappa shape index (κ1) is 33.3. The number of hydrogen-bond donors (Lipinski definition) is 2. The lowest BCUT2D eigenvalue weighted by atomic mass is 9.98. The third-order valence-electron chi connectivity index (χ3n) is 6.62. The quantitative estimate of drug-likeness (QED) is 0.194. The van der Waals surface area contributed by atoms with Gasteiger partial charge < -0.3 is 19.8 Å². The van der Waals surface area contributed by atoms with Gasteiger partial charge in [0, 0.05) is 30.6 Å². The zero-order valence-electron chi connectivity index (χ0n) is 25.3. The van der Waals surface area contributed by atoms with Crippen molar-refractivity contribution in [3.8, 4) is 16.9 Å². The molecule has 3 aromatic carbocycles. The van der Waals surface area contributed by atoms with E-state index in [1.807, 2.05) is 0 Å². The number of ether oxygens (including phenoxy) is 2. The summed E-state index contributed by atoms with van der Waals surface area (Å²) in [4.78, 5) is 34.0. The minimum absolute atomic E-state index is 0.131. The van der Waals surface area contributed by atoms with Crippen molar-refractivity contribution in [2.45, 2.75) is 51.4 Å². The average Bonchev–Trinajstić information content (AvgIpc) is 3.47. The molecule has 0 aliphatic heterocycles. The summed E-state index contributed by atoms with van der Waals surface area (Å²) in [5.74, 6) is -1.68. The van der Waals surface area contributed by atoms with Crippen molar-refractivity contribution in [1.29, 1.82) is 0 Å². The molecule has 1 unspecified atom stereocenters. The highest BCUT2D eigenvalue weighted by atomic mass is 32.2. The number of aromatic nitrogens is 2. The first-order valence-corrected chi connectivity index (χ1v) is 16.2. The van der Waals surface area contributed by atoms with Gasteiger partial charge in [-0.2, -0.15) is 0 Å². The second-order valence-electron chi connectivity index (χ2n) is 11.6. The summed E-state index contributed by atoms with van der Waals surface area (Å²) < 4.78 is 63.1. The van der Waals surface area contributed by atoms with Crippen LogP contribution < -0.4 is 10.1 Å². The van der Waals surface area contributed by atoms with Gasteiger partial charge >= 0.3 is 5.97 Å². The minimum Gasteiger partial charge on any atom is -0.485 e. The number of carbonyl (C=O) groups is 2. The number of rotatable bonds is 12. The molecule has 2 N–H and O–H groups in total. The summed E-state index contributed by atoms with van der Waals surface area (Å²) in [6.07, 6.45) is 3.86. The van der Waals surface area contributed by atoms with Crippen LogP contribution >= 0.6 is 0 Å². The van der Waals surface area contributed by atoms with Crippen LogP contribution in [0.15, 0.2) is 79.1 Å². The molecule has 0 aliphatic rings. The normalized spacial score (nSPS) is 13.1. The fourth-order valence-electron chi connectivity index (χ4n) is 4.51. The molecule has 0 bridgehead atoms. The number of halogens is 2. The van der Waals surface area contributed by atoms with Gasteiger partial charge in [-0.15, -0.1) is 0 Å². The lowest BCUT2D eigenvalue weighted by Gasteiger charge is -2.25. The SMILES string of the molecule is CC(C)(C)OC(=O)[C@H](CCS(C)(=O)=O)NC(=O)c1ccc(OC(Cc2ncc[nH]2)c2ccc(F)cc2)cc1-c1ccc(F)cc1. The molecule has 0 fully saturated rings. The number of aromatic amines is 1. The number of imidazole rings is 1. The maximum atomic E-state index is 13.8. The third-order valence-corrected chi connectivity index (χ3v) is 7.60. The van der Waals surface area contributed by atoms with E-state index in [4.69, 9.17) is 9.47 Å². The molecule has 1 heterocycles. The predicted octanol–water partition coefficient (Wildman–Crippen LogP) is 5.59. The van der Waals surface area contributed by atoms with Crippen molar-refractivity contribution in [1.82, 2.24) is 15.3 Å². The zero-order valence-corrected chi connectivity index (χ0v) is 26.2. The van der Waals surface area contributed by atoms with E-state index >= 15 is 0 Å². The van der Waals surface area contributed by atoms with Crippen LogP contribution in [0.2, 0.25) is 0 Å². The monoisotopic (exact) mass is 639 g/mol. The van der Waals surface area contributed by atoms with E-state index < -0.39 is 51.1 Å². The minimum atomic E-state index is -3.45. The van der Waals surface area contributed by atoms with Gasteiger partial charge in [0.05, 0.1) is 5.75 Å². The maximum Gasteiger partial charge on any atom is 0.329 e. The predicted molar refractivity (Wildman–Crippen MR) is 165 cm³/mol. The molecule has 9 nitrogen and oxygen atoms in total. The van der Waals surface area contributed by atoms with E-state index in [2.05, 4.69) is 15.3 Å². The summed E-state index contributed by atoms with van der Waals surface area (Å²) in [5, 5.41) is 2.63. The summed E-state index contributed by atoms with van der Waals surface area (Å²) in [6, 6.07) is 14.8. The number of nitrogens with zero attached hydrogens (tertiary/aromatic N) is 1. The van der Waals surface area contributed by atoms with E-state index in [0.29, 0.717) is 34.7 Å². The van der Waals surface area contributed by atoms with Gasteiger partial charge in [0.25, 0.3) is 5.91 Å². The number of esters is 1. The van der Waals surface area contributed by atoms with Gasteiger partial charge in [0.15, 0.2) is 0 Å². The van der Waals surface area contributed by atoms with E-state index in [0.717, 1.165) is 6.26 Å². The molecule has 2 atom stereocenters. The highest BCUT2D eigenvalue weighted by molar-refractivity contribution is 7.90. The summed E-state index contributed by atoms with van der Waals surface area (Å²) in [7, 11) is -3.45. The van der Waals surface area contributed by atoms with Crippen molar-refractivity contribution in [3.63, 3.8) is 0 Å². The van der Waals surface area contributed by atoms with Crippen molar-refractivity contribution in [3.05, 3.63) is 108 Å². The van der Waals surface area contributed by atoms with Gasteiger partial charge in [0.1, 0.15) is 50.8 Å². The van der Waals surface area contributed by atoms with Crippen LogP contribution in [0.5, 0.6) is 5.75 Å². The van der Waals surface area contributed by atoms with E-state index in [1.54, 1.807) is 57.4 Å². The van der Waals surface area contributed by atoms with Gasteiger partial charge in [-0.1, -0.05) is 24.3 Å². The van der Waals surface area contributed by atoms with Crippen molar-refractivity contribution in [2.75, 3.05) is 12.0 Å². The van der Waals surface area contributed by atoms with Crippen molar-refractivity contribution < 1.29 is 36.3 Å². The summed E-state index contributed by atoms with van der Waals surface area (Å²) in [5.41, 5.74) is 0.795. The van der Waals surface area contributed by atoms with Crippen LogP contribution in [0, 0.1) is 11.6 Å². The van der Waals surface area contributed by atoms with Crippen LogP contribution in [0.4, 0.5) is 8.78 Å². The molecule has 4 aromatic rings. The van der Waals surface area contributed by atoms with Crippen molar-refractivity contribution in [2.24, 2.45) is 0 Å². The van der Waals surface area contributed by atoms with E-state index in [-0.39, 0.29) is 17.7 Å². The summed E-state index contributed by atoms with van der Waals surface area (Å²) in [6.45, 7) is 4.99. The topological polar surface area (TPSA) is 127 Å². The maximum absolute atomic E-state index is 13.8. The Morgan fingerprint density at radius 2 is 1.62 bits per heavy atom. The smallest absolute Gasteiger partial charge is 0.329 e. The third kappa shape index (κ3) is 9.97. The number of hydrogen-bond acceptors (Lipinski definition) is 7. The summed E-state index contributed by atoms with van der Waals surface area (Å²) >= 11 is 0. The molecule has 238 valence electrons. The van der Waals surface area contributed by atoms with Crippen LogP contribution in [-0.4, -0.2) is 53.9 Å². The number of H-pyrrole nitrogens is 1. The highest BCUT2D eigenvalue weighted by Crippen LogP contribution is 2.32. The molecule has 1 amide bonds. The molecule has 12 heteroatoms. The number of carbonyl (C=O) groups excluding carboxylic acids is 2. The Hall–Kier alpha value is -4.58. The van der Waals surface area contributed by atoms with Gasteiger partial charge in [-0.25, -0.2) is 27.0 Å². The van der Waals surface area contributed by atoms with Gasteiger partial charge in [-0.05, 0) is 86.3 Å². The van der Waals surface area contributed by atoms with Crippen LogP contribution in [0.25, 0.3) is 11.1 Å². The molecule has 0 saturated carbocycles. The standard InChI is InChI=1S/C33H35F2N3O6S/c1-33(2,3)44-32(40)28(15-18-45(4,41)42)38-31(39)26-14-13-25(19-27(26)21-5-9-23(34)10-6-21)43-29(20-30-36-16-17-37-30)22-7-11-24(35)12-8-22/h5-14,16-17,19,28-29H,15,18,20H2,1-4H3,(H,36,37)(H,38,39)/t28-,29?/m0/s1. The average molecular weight is 640 g/mol. The number of benzene rings is 3. The largest absolute Gasteiger partial charge is 0.485 e. The van der Waals surface area contributed by atoms with Crippen molar-refractivity contribution >= 4 is 21.7 Å². The number of amides is 1. The van der Waals surface area contributed by atoms with Crippen LogP contribution in [0.3, 0.4) is 0 Å². The Morgan fingerprint density at radius 3 is 2.20 bits per heavy atom. The Balaban J connectivity index is 1.69. The van der Waals surface area contributed by atoms with Crippen LogP contribution in [-0.2, 0) is 25.8 Å². The molecule has 0 saturated heterocycles. The Bertz CT molecular complexity index is 1720. The number of sulfone groups is 1. The Kier molecular flexibility index (Phi) is 10.4. The molecule has 4 rings (SSSR count). The second-order valence-corrected chi connectivity index (χ2v) is 13.9. The molecule has 0 spiro atoms. The molecular weight excluding hydrogens is 604 g/mol. The number of nitrogens with one attached hydrogen (secondary N) is 2. The fraction of sp³-hybridized carbons (Fsp3) is 0.303. The lowest BCUT2D eigenvalue weighted by molar-refractivity contribution is -0.157. The molecular formula is C33H35F2N3O6S.